The second kappa shape index (κ2) is 5.68. The maximum absolute atomic E-state index is 12.1. The number of carbonyl (C=O) groups is 3. The lowest BCUT2D eigenvalue weighted by atomic mass is 9.78. The molecule has 0 radical (unpaired) electrons. The fourth-order valence-electron chi connectivity index (χ4n) is 3.10. The third kappa shape index (κ3) is 3.52. The van der Waals surface area contributed by atoms with E-state index in [0.29, 0.717) is 25.2 Å². The zero-order valence-corrected chi connectivity index (χ0v) is 11.6. The van der Waals surface area contributed by atoms with E-state index < -0.39 is 0 Å². The fraction of sp³-hybridized carbons (Fsp3) is 0.667. The molecule has 1 aliphatic heterocycles. The minimum Gasteiger partial charge on any atom is -0.296 e. The summed E-state index contributed by atoms with van der Waals surface area (Å²) in [6, 6.07) is 0. The lowest BCUT2D eigenvalue weighted by Crippen LogP contribution is -2.38. The maximum atomic E-state index is 12.1. The standard InChI is InChI=1S/C15H21NO3/c1-9-5-10(2)15(19)12(6-9)4-3-11-7-13(17)16-14(18)8-11/h4,9-11H,3,5-8H2,1-2H3,(H,16,17,18)/b12-4+/t9-,10+/m0/s1. The predicted molar refractivity (Wildman–Crippen MR) is 71.1 cm³/mol. The molecule has 19 heavy (non-hydrogen) atoms. The maximum Gasteiger partial charge on any atom is 0.226 e. The smallest absolute Gasteiger partial charge is 0.226 e. The quantitative estimate of drug-likeness (QED) is 0.612. The van der Waals surface area contributed by atoms with Crippen molar-refractivity contribution in [1.29, 1.82) is 0 Å². The Morgan fingerprint density at radius 1 is 1.11 bits per heavy atom. The van der Waals surface area contributed by atoms with E-state index in [-0.39, 0.29) is 29.4 Å². The number of Topliss-reactive ketones (excluding diaryl/α,β-unsaturated/α-hetero) is 1. The van der Waals surface area contributed by atoms with Crippen molar-refractivity contribution < 1.29 is 14.4 Å². The summed E-state index contributed by atoms with van der Waals surface area (Å²) < 4.78 is 0. The van der Waals surface area contributed by atoms with Gasteiger partial charge < -0.3 is 0 Å². The molecule has 1 saturated heterocycles. The molecule has 104 valence electrons. The highest BCUT2D eigenvalue weighted by atomic mass is 16.2. The lowest BCUT2D eigenvalue weighted by molar-refractivity contribution is -0.134. The van der Waals surface area contributed by atoms with Gasteiger partial charge in [-0.05, 0) is 36.7 Å². The van der Waals surface area contributed by atoms with Crippen molar-refractivity contribution in [3.63, 3.8) is 0 Å². The topological polar surface area (TPSA) is 63.2 Å². The number of rotatable bonds is 2. The van der Waals surface area contributed by atoms with Gasteiger partial charge in [-0.15, -0.1) is 0 Å². The summed E-state index contributed by atoms with van der Waals surface area (Å²) in [5.74, 6) is 0.535. The van der Waals surface area contributed by atoms with Crippen molar-refractivity contribution in [1.82, 2.24) is 5.32 Å². The Labute approximate surface area is 113 Å². The second-order valence-electron chi connectivity index (χ2n) is 6.02. The van der Waals surface area contributed by atoms with Crippen LogP contribution in [0.15, 0.2) is 11.6 Å². The molecule has 0 aromatic rings. The van der Waals surface area contributed by atoms with Gasteiger partial charge in [0.1, 0.15) is 0 Å². The van der Waals surface area contributed by atoms with Gasteiger partial charge in [0.15, 0.2) is 5.78 Å². The molecule has 2 amide bonds. The normalized spacial score (nSPS) is 31.7. The monoisotopic (exact) mass is 263 g/mol. The van der Waals surface area contributed by atoms with E-state index in [4.69, 9.17) is 0 Å². The predicted octanol–water partition coefficient (Wildman–Crippen LogP) is 1.99. The summed E-state index contributed by atoms with van der Waals surface area (Å²) in [5, 5.41) is 2.30. The number of ketones is 1. The minimum atomic E-state index is -0.198. The number of carbonyl (C=O) groups excluding carboxylic acids is 3. The molecule has 1 saturated carbocycles. The van der Waals surface area contributed by atoms with Gasteiger partial charge in [-0.2, -0.15) is 0 Å². The molecule has 0 aromatic carbocycles. The van der Waals surface area contributed by atoms with Crippen molar-refractivity contribution in [3.05, 3.63) is 11.6 Å². The Balaban J connectivity index is 1.99. The first-order valence-corrected chi connectivity index (χ1v) is 7.01. The van der Waals surface area contributed by atoms with Crippen LogP contribution in [-0.2, 0) is 14.4 Å². The highest BCUT2D eigenvalue weighted by Crippen LogP contribution is 2.31. The lowest BCUT2D eigenvalue weighted by Gasteiger charge is -2.26. The van der Waals surface area contributed by atoms with Gasteiger partial charge >= 0.3 is 0 Å². The van der Waals surface area contributed by atoms with Crippen molar-refractivity contribution in [2.75, 3.05) is 0 Å². The number of nitrogens with one attached hydrogen (secondary N) is 1. The van der Waals surface area contributed by atoms with Crippen LogP contribution in [0.4, 0.5) is 0 Å². The van der Waals surface area contributed by atoms with Crippen LogP contribution < -0.4 is 5.32 Å². The fourth-order valence-corrected chi connectivity index (χ4v) is 3.10. The van der Waals surface area contributed by atoms with E-state index in [9.17, 15) is 14.4 Å². The van der Waals surface area contributed by atoms with Crippen LogP contribution in [0.3, 0.4) is 0 Å². The summed E-state index contributed by atoms with van der Waals surface area (Å²) in [7, 11) is 0. The molecule has 0 bridgehead atoms. The van der Waals surface area contributed by atoms with Crippen LogP contribution >= 0.6 is 0 Å². The Hall–Kier alpha value is -1.45. The molecule has 4 heteroatoms. The Morgan fingerprint density at radius 2 is 1.74 bits per heavy atom. The van der Waals surface area contributed by atoms with Gasteiger partial charge in [0.25, 0.3) is 0 Å². The van der Waals surface area contributed by atoms with Crippen LogP contribution in [0, 0.1) is 17.8 Å². The molecule has 4 nitrogen and oxygen atoms in total. The first kappa shape index (κ1) is 14.0. The number of piperidine rings is 1. The SMILES string of the molecule is C[C@@H]1C/C(=C\CC2CC(=O)NC(=O)C2)C(=O)[C@H](C)C1. The van der Waals surface area contributed by atoms with Crippen molar-refractivity contribution in [2.45, 2.75) is 46.0 Å². The molecular weight excluding hydrogens is 242 g/mol. The third-order valence-electron chi connectivity index (χ3n) is 4.01. The van der Waals surface area contributed by atoms with E-state index in [1.165, 1.54) is 0 Å². The van der Waals surface area contributed by atoms with Gasteiger partial charge in [0, 0.05) is 18.8 Å². The average Bonchev–Trinajstić information content (AvgIpc) is 2.30. The molecule has 2 atom stereocenters. The molecule has 2 aliphatic rings. The highest BCUT2D eigenvalue weighted by Gasteiger charge is 2.28. The van der Waals surface area contributed by atoms with Gasteiger partial charge in [0.2, 0.25) is 11.8 Å². The van der Waals surface area contributed by atoms with E-state index >= 15 is 0 Å². The summed E-state index contributed by atoms with van der Waals surface area (Å²) in [6.45, 7) is 4.14. The molecule has 2 fully saturated rings. The number of hydrogen-bond donors (Lipinski definition) is 1. The van der Waals surface area contributed by atoms with Gasteiger partial charge in [-0.1, -0.05) is 19.9 Å². The Morgan fingerprint density at radius 3 is 2.37 bits per heavy atom. The molecule has 0 aromatic heterocycles. The van der Waals surface area contributed by atoms with Crippen LogP contribution in [0.5, 0.6) is 0 Å². The van der Waals surface area contributed by atoms with Gasteiger partial charge in [-0.25, -0.2) is 0 Å². The summed E-state index contributed by atoms with van der Waals surface area (Å²) >= 11 is 0. The molecule has 1 aliphatic carbocycles. The summed E-state index contributed by atoms with van der Waals surface area (Å²) in [6.07, 6.45) is 5.17. The van der Waals surface area contributed by atoms with Crippen molar-refractivity contribution >= 4 is 17.6 Å². The van der Waals surface area contributed by atoms with Crippen molar-refractivity contribution in [2.24, 2.45) is 17.8 Å². The average molecular weight is 263 g/mol. The van der Waals surface area contributed by atoms with Crippen LogP contribution in [-0.4, -0.2) is 17.6 Å². The zero-order chi connectivity index (χ0) is 14.0. The summed E-state index contributed by atoms with van der Waals surface area (Å²) in [5.41, 5.74) is 0.893. The Bertz CT molecular complexity index is 423. The second-order valence-corrected chi connectivity index (χ2v) is 6.02. The molecule has 1 N–H and O–H groups in total. The highest BCUT2D eigenvalue weighted by molar-refractivity contribution is 5.98. The first-order valence-electron chi connectivity index (χ1n) is 7.01. The molecule has 0 spiro atoms. The van der Waals surface area contributed by atoms with E-state index in [1.54, 1.807) is 0 Å². The zero-order valence-electron chi connectivity index (χ0n) is 11.6. The van der Waals surface area contributed by atoms with E-state index in [1.807, 2.05) is 13.0 Å². The molecule has 1 heterocycles. The van der Waals surface area contributed by atoms with Crippen LogP contribution in [0.1, 0.15) is 46.0 Å². The largest absolute Gasteiger partial charge is 0.296 e. The number of imide groups is 1. The van der Waals surface area contributed by atoms with Gasteiger partial charge in [0.05, 0.1) is 0 Å². The first-order chi connectivity index (χ1) is 8.95. The van der Waals surface area contributed by atoms with Crippen molar-refractivity contribution in [3.8, 4) is 0 Å². The van der Waals surface area contributed by atoms with Crippen LogP contribution in [0.2, 0.25) is 0 Å². The third-order valence-corrected chi connectivity index (χ3v) is 4.01. The molecular formula is C15H21NO3. The molecule has 0 unspecified atom stereocenters. The number of amides is 2. The summed E-state index contributed by atoms with van der Waals surface area (Å²) in [4.78, 5) is 34.6. The number of hydrogen-bond acceptors (Lipinski definition) is 3. The minimum absolute atomic E-state index is 0.0501. The number of allylic oxidation sites excluding steroid dienone is 2. The van der Waals surface area contributed by atoms with E-state index in [0.717, 1.165) is 18.4 Å². The molecule has 2 rings (SSSR count). The van der Waals surface area contributed by atoms with E-state index in [2.05, 4.69) is 12.2 Å². The van der Waals surface area contributed by atoms with Crippen LogP contribution in [0.25, 0.3) is 0 Å². The van der Waals surface area contributed by atoms with Gasteiger partial charge in [-0.3, -0.25) is 19.7 Å². The Kier molecular flexibility index (Phi) is 4.17.